The van der Waals surface area contributed by atoms with E-state index in [-0.39, 0.29) is 11.7 Å². The molecule has 58 valence electrons. The summed E-state index contributed by atoms with van der Waals surface area (Å²) in [6.07, 6.45) is 3.91. The Hall–Kier alpha value is -1.10. The number of carbonyl (C=O) groups excluding carboxylic acids is 1. The predicted molar refractivity (Wildman–Crippen MR) is 41.6 cm³/mol. The molecule has 0 aliphatic heterocycles. The van der Waals surface area contributed by atoms with Gasteiger partial charge < -0.3 is 0 Å². The van der Waals surface area contributed by atoms with Gasteiger partial charge in [0.1, 0.15) is 0 Å². The van der Waals surface area contributed by atoms with E-state index < -0.39 is 5.41 Å². The molecule has 0 bridgehead atoms. The van der Waals surface area contributed by atoms with E-state index in [9.17, 15) is 4.79 Å². The quantitative estimate of drug-likeness (QED) is 0.569. The summed E-state index contributed by atoms with van der Waals surface area (Å²) in [5.41, 5.74) is -0.400. The molecule has 0 amide bonds. The molecule has 0 fully saturated rings. The van der Waals surface area contributed by atoms with Gasteiger partial charge in [-0.1, -0.05) is 6.08 Å². The van der Waals surface area contributed by atoms with Crippen LogP contribution in [0.2, 0.25) is 0 Å². The van der Waals surface area contributed by atoms with Crippen molar-refractivity contribution in [3.05, 3.63) is 12.2 Å². The Morgan fingerprint density at radius 2 is 2.36 bits per heavy atom. The first-order chi connectivity index (χ1) is 5.06. The summed E-state index contributed by atoms with van der Waals surface area (Å²) in [6.45, 7) is 3.72. The van der Waals surface area contributed by atoms with Crippen molar-refractivity contribution in [1.29, 1.82) is 5.26 Å². The van der Waals surface area contributed by atoms with Crippen LogP contribution in [0.4, 0.5) is 0 Å². The van der Waals surface area contributed by atoms with E-state index in [2.05, 4.69) is 6.07 Å². The number of allylic oxidation sites excluding steroid dienone is 2. The van der Waals surface area contributed by atoms with Gasteiger partial charge in [0.05, 0.1) is 11.5 Å². The first-order valence-electron chi connectivity index (χ1n) is 3.68. The minimum Gasteiger partial charge on any atom is -0.295 e. The van der Waals surface area contributed by atoms with E-state index in [1.807, 2.05) is 19.9 Å². The van der Waals surface area contributed by atoms with Crippen molar-refractivity contribution < 1.29 is 4.79 Å². The highest BCUT2D eigenvalue weighted by atomic mass is 16.1. The molecular weight excluding hydrogens is 138 g/mol. The minimum absolute atomic E-state index is 0.111. The largest absolute Gasteiger partial charge is 0.295 e. The third kappa shape index (κ3) is 1.48. The summed E-state index contributed by atoms with van der Waals surface area (Å²) in [6, 6.07) is 2.20. The number of hydrogen-bond donors (Lipinski definition) is 0. The van der Waals surface area contributed by atoms with E-state index in [0.717, 1.165) is 0 Å². The molecule has 2 heteroatoms. The Morgan fingerprint density at radius 3 is 2.73 bits per heavy atom. The van der Waals surface area contributed by atoms with Crippen molar-refractivity contribution in [3.63, 3.8) is 0 Å². The van der Waals surface area contributed by atoms with Gasteiger partial charge in [-0.2, -0.15) is 5.26 Å². The van der Waals surface area contributed by atoms with Gasteiger partial charge in [0.15, 0.2) is 5.78 Å². The van der Waals surface area contributed by atoms with Gasteiger partial charge in [0, 0.05) is 12.3 Å². The van der Waals surface area contributed by atoms with E-state index in [1.165, 1.54) is 0 Å². The Balaban J connectivity index is 2.74. The maximum Gasteiger partial charge on any atom is 0.156 e. The summed E-state index contributed by atoms with van der Waals surface area (Å²) >= 11 is 0. The molecule has 0 radical (unpaired) electrons. The van der Waals surface area contributed by atoms with Gasteiger partial charge >= 0.3 is 0 Å². The number of hydrogen-bond acceptors (Lipinski definition) is 2. The third-order valence-electron chi connectivity index (χ3n) is 2.15. The lowest BCUT2D eigenvalue weighted by Gasteiger charge is -2.20. The van der Waals surface area contributed by atoms with Crippen LogP contribution in [-0.4, -0.2) is 5.78 Å². The smallest absolute Gasteiger partial charge is 0.156 e. The molecule has 1 rings (SSSR count). The molecule has 1 aliphatic rings. The van der Waals surface area contributed by atoms with Crippen LogP contribution in [0.3, 0.4) is 0 Å². The van der Waals surface area contributed by atoms with Crippen LogP contribution < -0.4 is 0 Å². The fourth-order valence-corrected chi connectivity index (χ4v) is 1.15. The second kappa shape index (κ2) is 2.50. The molecule has 0 spiro atoms. The lowest BCUT2D eigenvalue weighted by molar-refractivity contribution is -0.114. The molecule has 0 aromatic heterocycles. The highest BCUT2D eigenvalue weighted by Gasteiger charge is 2.31. The van der Waals surface area contributed by atoms with E-state index >= 15 is 0 Å². The molecule has 0 N–H and O–H groups in total. The Morgan fingerprint density at radius 1 is 1.73 bits per heavy atom. The van der Waals surface area contributed by atoms with Crippen molar-refractivity contribution in [3.8, 4) is 6.07 Å². The van der Waals surface area contributed by atoms with Crippen LogP contribution in [0.15, 0.2) is 12.2 Å². The number of nitriles is 1. The van der Waals surface area contributed by atoms with Crippen LogP contribution in [0.1, 0.15) is 20.3 Å². The second-order valence-electron chi connectivity index (χ2n) is 3.47. The van der Waals surface area contributed by atoms with Crippen molar-refractivity contribution in [1.82, 2.24) is 0 Å². The monoisotopic (exact) mass is 149 g/mol. The standard InChI is InChI=1S/C9H11NO/c1-9(2,6-10)7-3-4-8(11)5-7/h3-4,7H,5H2,1-2H3. The molecule has 1 aliphatic carbocycles. The van der Waals surface area contributed by atoms with Gasteiger partial charge in [-0.05, 0) is 19.9 Å². The average molecular weight is 149 g/mol. The SMILES string of the molecule is CC(C)(C#N)C1C=CC(=O)C1. The van der Waals surface area contributed by atoms with E-state index in [4.69, 9.17) is 5.26 Å². The zero-order valence-corrected chi connectivity index (χ0v) is 6.79. The zero-order valence-electron chi connectivity index (χ0n) is 6.79. The maximum absolute atomic E-state index is 10.8. The highest BCUT2D eigenvalue weighted by molar-refractivity contribution is 5.92. The summed E-state index contributed by atoms with van der Waals surface area (Å²) in [5.74, 6) is 0.248. The molecular formula is C9H11NO. The number of nitrogens with zero attached hydrogens (tertiary/aromatic N) is 1. The normalized spacial score (nSPS) is 23.7. The van der Waals surface area contributed by atoms with Crippen molar-refractivity contribution in [2.45, 2.75) is 20.3 Å². The molecule has 0 saturated heterocycles. The van der Waals surface area contributed by atoms with Gasteiger partial charge in [-0.3, -0.25) is 4.79 Å². The summed E-state index contributed by atoms with van der Waals surface area (Å²) in [7, 11) is 0. The highest BCUT2D eigenvalue weighted by Crippen LogP contribution is 2.32. The van der Waals surface area contributed by atoms with Gasteiger partial charge in [-0.25, -0.2) is 0 Å². The Kier molecular flexibility index (Phi) is 1.82. The minimum atomic E-state index is -0.400. The zero-order chi connectivity index (χ0) is 8.48. The second-order valence-corrected chi connectivity index (χ2v) is 3.47. The molecule has 2 nitrogen and oxygen atoms in total. The van der Waals surface area contributed by atoms with Crippen LogP contribution in [0.5, 0.6) is 0 Å². The lowest BCUT2D eigenvalue weighted by Crippen LogP contribution is -2.19. The van der Waals surface area contributed by atoms with Crippen LogP contribution in [0.25, 0.3) is 0 Å². The van der Waals surface area contributed by atoms with Crippen molar-refractivity contribution in [2.75, 3.05) is 0 Å². The molecule has 1 unspecified atom stereocenters. The molecule has 0 heterocycles. The first kappa shape index (κ1) is 8.00. The van der Waals surface area contributed by atoms with E-state index in [1.54, 1.807) is 6.08 Å². The average Bonchev–Trinajstić information content (AvgIpc) is 2.36. The fraction of sp³-hybridized carbons (Fsp3) is 0.556. The maximum atomic E-state index is 10.8. The molecule has 11 heavy (non-hydrogen) atoms. The third-order valence-corrected chi connectivity index (χ3v) is 2.15. The summed E-state index contributed by atoms with van der Waals surface area (Å²) in [5, 5.41) is 8.75. The number of rotatable bonds is 1. The summed E-state index contributed by atoms with van der Waals surface area (Å²) < 4.78 is 0. The van der Waals surface area contributed by atoms with Crippen LogP contribution >= 0.6 is 0 Å². The lowest BCUT2D eigenvalue weighted by atomic mass is 9.80. The fourth-order valence-electron chi connectivity index (χ4n) is 1.15. The topological polar surface area (TPSA) is 40.9 Å². The van der Waals surface area contributed by atoms with Crippen LogP contribution in [0, 0.1) is 22.7 Å². The molecule has 0 aromatic rings. The van der Waals surface area contributed by atoms with Gasteiger partial charge in [0.25, 0.3) is 0 Å². The Bertz CT molecular complexity index is 245. The molecule has 1 atom stereocenters. The number of ketones is 1. The number of carbonyl (C=O) groups is 1. The predicted octanol–water partition coefficient (Wildman–Crippen LogP) is 1.68. The van der Waals surface area contributed by atoms with Gasteiger partial charge in [0.2, 0.25) is 0 Å². The molecule has 0 saturated carbocycles. The van der Waals surface area contributed by atoms with Gasteiger partial charge in [-0.15, -0.1) is 0 Å². The van der Waals surface area contributed by atoms with Crippen molar-refractivity contribution >= 4 is 5.78 Å². The Labute approximate surface area is 66.5 Å². The van der Waals surface area contributed by atoms with Crippen molar-refractivity contribution in [2.24, 2.45) is 11.3 Å². The summed E-state index contributed by atoms with van der Waals surface area (Å²) in [4.78, 5) is 10.8. The molecule has 0 aromatic carbocycles. The van der Waals surface area contributed by atoms with Crippen LogP contribution in [-0.2, 0) is 4.79 Å². The van der Waals surface area contributed by atoms with E-state index in [0.29, 0.717) is 6.42 Å². The first-order valence-corrected chi connectivity index (χ1v) is 3.68.